The normalized spacial score (nSPS) is 27.4. The van der Waals surface area contributed by atoms with Crippen LogP contribution in [0.3, 0.4) is 0 Å². The van der Waals surface area contributed by atoms with Crippen molar-refractivity contribution in [3.05, 3.63) is 0 Å². The van der Waals surface area contributed by atoms with Crippen LogP contribution in [0.2, 0.25) is 0 Å². The van der Waals surface area contributed by atoms with Crippen LogP contribution in [0.25, 0.3) is 0 Å². The number of hydrogen-bond acceptors (Lipinski definition) is 3. The van der Waals surface area contributed by atoms with E-state index < -0.39 is 0 Å². The summed E-state index contributed by atoms with van der Waals surface area (Å²) in [5.74, 6) is 1.01. The second-order valence-electron chi connectivity index (χ2n) is 5.17. The molecule has 1 aliphatic carbocycles. The maximum atomic E-state index is 5.66. The molecule has 2 N–H and O–H groups in total. The molecule has 1 unspecified atom stereocenters. The van der Waals surface area contributed by atoms with E-state index in [4.69, 9.17) is 4.74 Å². The van der Waals surface area contributed by atoms with E-state index in [2.05, 4.69) is 10.6 Å². The molecule has 0 amide bonds. The van der Waals surface area contributed by atoms with Gasteiger partial charge in [-0.25, -0.2) is 0 Å². The third-order valence-corrected chi connectivity index (χ3v) is 3.85. The number of ether oxygens (including phenoxy) is 1. The van der Waals surface area contributed by atoms with Gasteiger partial charge < -0.3 is 15.4 Å². The zero-order chi connectivity index (χ0) is 11.1. The molecule has 1 atom stereocenters. The summed E-state index contributed by atoms with van der Waals surface area (Å²) >= 11 is 0. The standard InChI is InChI=1S/C13H26N2O/c1-2-4-12(3-1)5-7-14-8-6-13-11-15-9-10-16-13/h12-15H,1-11H2. The SMILES string of the molecule is C1CCC(CCNCCC2CNCCO2)C1. The van der Waals surface area contributed by atoms with Gasteiger partial charge in [0.25, 0.3) is 0 Å². The van der Waals surface area contributed by atoms with Crippen molar-refractivity contribution in [1.29, 1.82) is 0 Å². The smallest absolute Gasteiger partial charge is 0.0712 e. The molecule has 16 heavy (non-hydrogen) atoms. The minimum Gasteiger partial charge on any atom is -0.376 e. The lowest BCUT2D eigenvalue weighted by atomic mass is 10.0. The van der Waals surface area contributed by atoms with Crippen LogP contribution in [-0.2, 0) is 4.74 Å². The first-order chi connectivity index (χ1) is 7.95. The highest BCUT2D eigenvalue weighted by molar-refractivity contribution is 4.70. The van der Waals surface area contributed by atoms with E-state index >= 15 is 0 Å². The van der Waals surface area contributed by atoms with Gasteiger partial charge >= 0.3 is 0 Å². The van der Waals surface area contributed by atoms with Gasteiger partial charge in [0.2, 0.25) is 0 Å². The first-order valence-corrected chi connectivity index (χ1v) is 6.98. The van der Waals surface area contributed by atoms with Crippen molar-refractivity contribution >= 4 is 0 Å². The molecule has 0 bridgehead atoms. The minimum atomic E-state index is 0.438. The number of nitrogens with one attached hydrogen (secondary N) is 2. The van der Waals surface area contributed by atoms with Crippen LogP contribution in [0, 0.1) is 5.92 Å². The van der Waals surface area contributed by atoms with E-state index in [1.807, 2.05) is 0 Å². The predicted molar refractivity (Wildman–Crippen MR) is 66.7 cm³/mol. The van der Waals surface area contributed by atoms with Crippen molar-refractivity contribution in [3.63, 3.8) is 0 Å². The minimum absolute atomic E-state index is 0.438. The number of morpholine rings is 1. The van der Waals surface area contributed by atoms with E-state index in [9.17, 15) is 0 Å². The Bertz CT molecular complexity index is 175. The second-order valence-corrected chi connectivity index (χ2v) is 5.17. The fourth-order valence-electron chi connectivity index (χ4n) is 2.80. The molecule has 0 aromatic heterocycles. The zero-order valence-corrected chi connectivity index (χ0v) is 10.3. The number of rotatable bonds is 6. The first kappa shape index (κ1) is 12.3. The molecule has 0 aromatic carbocycles. The molecule has 2 rings (SSSR count). The Morgan fingerprint density at radius 1 is 1.12 bits per heavy atom. The highest BCUT2D eigenvalue weighted by Crippen LogP contribution is 2.26. The molecule has 2 aliphatic rings. The summed E-state index contributed by atoms with van der Waals surface area (Å²) in [6.45, 7) is 5.24. The van der Waals surface area contributed by atoms with Crippen molar-refractivity contribution in [2.24, 2.45) is 5.92 Å². The van der Waals surface area contributed by atoms with Crippen LogP contribution in [0.5, 0.6) is 0 Å². The lowest BCUT2D eigenvalue weighted by Gasteiger charge is -2.23. The zero-order valence-electron chi connectivity index (χ0n) is 10.3. The molecular formula is C13H26N2O. The van der Waals surface area contributed by atoms with Gasteiger partial charge in [-0.05, 0) is 31.8 Å². The average molecular weight is 226 g/mol. The molecule has 0 aromatic rings. The van der Waals surface area contributed by atoms with Crippen LogP contribution in [0.1, 0.15) is 38.5 Å². The Morgan fingerprint density at radius 3 is 2.69 bits per heavy atom. The van der Waals surface area contributed by atoms with Crippen LogP contribution in [0.4, 0.5) is 0 Å². The summed E-state index contributed by atoms with van der Waals surface area (Å²) in [4.78, 5) is 0. The fraction of sp³-hybridized carbons (Fsp3) is 1.00. The van der Waals surface area contributed by atoms with Gasteiger partial charge in [0.05, 0.1) is 12.7 Å². The van der Waals surface area contributed by atoms with Gasteiger partial charge in [-0.15, -0.1) is 0 Å². The Labute approximate surface area is 99.3 Å². The summed E-state index contributed by atoms with van der Waals surface area (Å²) in [5.41, 5.74) is 0. The molecule has 1 saturated carbocycles. The Hall–Kier alpha value is -0.120. The third-order valence-electron chi connectivity index (χ3n) is 3.85. The maximum Gasteiger partial charge on any atom is 0.0712 e. The van der Waals surface area contributed by atoms with Crippen molar-refractivity contribution in [3.8, 4) is 0 Å². The van der Waals surface area contributed by atoms with E-state index in [-0.39, 0.29) is 0 Å². The van der Waals surface area contributed by atoms with Crippen molar-refractivity contribution in [1.82, 2.24) is 10.6 Å². The molecule has 0 radical (unpaired) electrons. The van der Waals surface area contributed by atoms with Gasteiger partial charge in [0.1, 0.15) is 0 Å². The molecule has 0 spiro atoms. The molecule has 3 nitrogen and oxygen atoms in total. The summed E-state index contributed by atoms with van der Waals surface area (Å²) in [6, 6.07) is 0. The van der Waals surface area contributed by atoms with E-state index in [0.717, 1.165) is 38.6 Å². The van der Waals surface area contributed by atoms with Gasteiger partial charge in [-0.3, -0.25) is 0 Å². The van der Waals surface area contributed by atoms with Crippen molar-refractivity contribution in [2.45, 2.75) is 44.6 Å². The van der Waals surface area contributed by atoms with E-state index in [1.54, 1.807) is 0 Å². The van der Waals surface area contributed by atoms with Crippen LogP contribution < -0.4 is 10.6 Å². The molecule has 1 heterocycles. The lowest BCUT2D eigenvalue weighted by molar-refractivity contribution is 0.0239. The van der Waals surface area contributed by atoms with Gasteiger partial charge in [-0.1, -0.05) is 25.7 Å². The molecular weight excluding hydrogens is 200 g/mol. The van der Waals surface area contributed by atoms with Gasteiger partial charge in [-0.2, -0.15) is 0 Å². The highest BCUT2D eigenvalue weighted by Gasteiger charge is 2.15. The monoisotopic (exact) mass is 226 g/mol. The largest absolute Gasteiger partial charge is 0.376 e. The predicted octanol–water partition coefficient (Wildman–Crippen LogP) is 1.53. The summed E-state index contributed by atoms with van der Waals surface area (Å²) < 4.78 is 5.66. The van der Waals surface area contributed by atoms with Crippen LogP contribution >= 0.6 is 0 Å². The van der Waals surface area contributed by atoms with E-state index in [1.165, 1.54) is 38.6 Å². The van der Waals surface area contributed by atoms with Crippen LogP contribution in [0.15, 0.2) is 0 Å². The highest BCUT2D eigenvalue weighted by atomic mass is 16.5. The second kappa shape index (κ2) is 7.25. The average Bonchev–Trinajstić information content (AvgIpc) is 2.83. The molecule has 1 aliphatic heterocycles. The van der Waals surface area contributed by atoms with Crippen molar-refractivity contribution < 1.29 is 4.74 Å². The summed E-state index contributed by atoms with van der Waals surface area (Å²) in [7, 11) is 0. The Morgan fingerprint density at radius 2 is 1.94 bits per heavy atom. The number of hydrogen-bond donors (Lipinski definition) is 2. The molecule has 94 valence electrons. The molecule has 3 heteroatoms. The Kier molecular flexibility index (Phi) is 5.59. The molecule has 2 fully saturated rings. The van der Waals surface area contributed by atoms with Crippen LogP contribution in [-0.4, -0.2) is 38.9 Å². The van der Waals surface area contributed by atoms with E-state index in [0.29, 0.717) is 6.10 Å². The summed E-state index contributed by atoms with van der Waals surface area (Å²) in [5, 5.41) is 6.92. The maximum absolute atomic E-state index is 5.66. The quantitative estimate of drug-likeness (QED) is 0.674. The van der Waals surface area contributed by atoms with Crippen molar-refractivity contribution in [2.75, 3.05) is 32.8 Å². The molecule has 1 saturated heterocycles. The first-order valence-electron chi connectivity index (χ1n) is 6.98. The van der Waals surface area contributed by atoms with Gasteiger partial charge in [0.15, 0.2) is 0 Å². The van der Waals surface area contributed by atoms with Gasteiger partial charge in [0, 0.05) is 13.1 Å². The lowest BCUT2D eigenvalue weighted by Crippen LogP contribution is -2.40. The third kappa shape index (κ3) is 4.40. The summed E-state index contributed by atoms with van der Waals surface area (Å²) in [6.07, 6.45) is 8.84. The Balaban J connectivity index is 1.42. The fourth-order valence-corrected chi connectivity index (χ4v) is 2.80. The topological polar surface area (TPSA) is 33.3 Å².